The van der Waals surface area contributed by atoms with Crippen LogP contribution in [0.3, 0.4) is 0 Å². The van der Waals surface area contributed by atoms with Gasteiger partial charge in [-0.05, 0) is 31.7 Å². The Kier molecular flexibility index (Phi) is 9.23. The quantitative estimate of drug-likeness (QED) is 0.396. The third-order valence-electron chi connectivity index (χ3n) is 4.42. The van der Waals surface area contributed by atoms with Crippen molar-refractivity contribution in [2.75, 3.05) is 27.7 Å². The van der Waals surface area contributed by atoms with E-state index in [1.165, 1.54) is 0 Å². The molecule has 1 aliphatic carbocycles. The van der Waals surface area contributed by atoms with Crippen molar-refractivity contribution in [1.29, 1.82) is 0 Å². The number of nitrogens with zero attached hydrogens (tertiary/aromatic N) is 4. The van der Waals surface area contributed by atoms with Crippen molar-refractivity contribution < 1.29 is 4.79 Å². The molecule has 2 atom stereocenters. The van der Waals surface area contributed by atoms with Gasteiger partial charge < -0.3 is 15.5 Å². The van der Waals surface area contributed by atoms with Gasteiger partial charge in [-0.25, -0.2) is 0 Å². The monoisotopic (exact) mass is 462 g/mol. The number of halogens is 1. The van der Waals surface area contributed by atoms with Crippen LogP contribution in [0.15, 0.2) is 17.4 Å². The van der Waals surface area contributed by atoms with Crippen LogP contribution in [-0.2, 0) is 11.3 Å². The zero-order chi connectivity index (χ0) is 17.5. The van der Waals surface area contributed by atoms with Crippen LogP contribution in [0.2, 0.25) is 0 Å². The topological polar surface area (TPSA) is 74.5 Å². The lowest BCUT2D eigenvalue weighted by atomic mass is 9.85. The predicted molar refractivity (Wildman–Crippen MR) is 111 cm³/mol. The Hall–Kier alpha value is -1.32. The number of aliphatic imine (C=N–C) groups is 1. The molecule has 2 rings (SSSR count). The molecule has 7 nitrogen and oxygen atoms in total. The number of aromatic nitrogens is 2. The Morgan fingerprint density at radius 1 is 1.44 bits per heavy atom. The summed E-state index contributed by atoms with van der Waals surface area (Å²) in [7, 11) is 5.44. The fraction of sp³-hybridized carbons (Fsp3) is 0.706. The summed E-state index contributed by atoms with van der Waals surface area (Å²) >= 11 is 0. The molecule has 1 fully saturated rings. The number of hydrogen-bond donors (Lipinski definition) is 2. The highest BCUT2D eigenvalue weighted by Crippen LogP contribution is 2.25. The SMILES string of the molecule is CN=C(NCCn1cc(C)cn1)NC1CCCC(C(=O)N(C)C)C1.I. The lowest BCUT2D eigenvalue weighted by Crippen LogP contribution is -2.47. The molecular formula is C17H31IN6O. The molecule has 1 aromatic rings. The van der Waals surface area contributed by atoms with Crippen molar-refractivity contribution in [1.82, 2.24) is 25.3 Å². The van der Waals surface area contributed by atoms with Crippen molar-refractivity contribution in [3.05, 3.63) is 18.0 Å². The van der Waals surface area contributed by atoms with Crippen molar-refractivity contribution in [2.45, 2.75) is 45.2 Å². The maximum Gasteiger partial charge on any atom is 0.225 e. The minimum Gasteiger partial charge on any atom is -0.355 e. The zero-order valence-electron chi connectivity index (χ0n) is 15.7. The molecule has 25 heavy (non-hydrogen) atoms. The van der Waals surface area contributed by atoms with E-state index in [0.29, 0.717) is 6.04 Å². The van der Waals surface area contributed by atoms with E-state index in [1.54, 1.807) is 11.9 Å². The molecular weight excluding hydrogens is 431 g/mol. The maximum absolute atomic E-state index is 12.2. The van der Waals surface area contributed by atoms with Gasteiger partial charge in [-0.2, -0.15) is 5.10 Å². The van der Waals surface area contributed by atoms with Gasteiger partial charge in [-0.1, -0.05) is 6.42 Å². The van der Waals surface area contributed by atoms with Crippen LogP contribution in [0.1, 0.15) is 31.2 Å². The summed E-state index contributed by atoms with van der Waals surface area (Å²) in [6, 6.07) is 0.297. The summed E-state index contributed by atoms with van der Waals surface area (Å²) in [6.07, 6.45) is 7.89. The van der Waals surface area contributed by atoms with Gasteiger partial charge >= 0.3 is 0 Å². The third-order valence-corrected chi connectivity index (χ3v) is 4.42. The van der Waals surface area contributed by atoms with E-state index in [9.17, 15) is 4.79 Å². The Morgan fingerprint density at radius 2 is 2.20 bits per heavy atom. The van der Waals surface area contributed by atoms with Crippen LogP contribution >= 0.6 is 24.0 Å². The van der Waals surface area contributed by atoms with Crippen molar-refractivity contribution in [3.63, 3.8) is 0 Å². The van der Waals surface area contributed by atoms with Crippen molar-refractivity contribution in [3.8, 4) is 0 Å². The van der Waals surface area contributed by atoms with Crippen LogP contribution < -0.4 is 10.6 Å². The fourth-order valence-electron chi connectivity index (χ4n) is 3.18. The van der Waals surface area contributed by atoms with Crippen molar-refractivity contribution >= 4 is 35.8 Å². The first-order valence-corrected chi connectivity index (χ1v) is 8.67. The second kappa shape index (κ2) is 10.6. The molecule has 0 spiro atoms. The Labute approximate surface area is 167 Å². The number of carbonyl (C=O) groups excluding carboxylic acids is 1. The van der Waals surface area contributed by atoms with E-state index in [-0.39, 0.29) is 35.8 Å². The van der Waals surface area contributed by atoms with Gasteiger partial charge in [0.25, 0.3) is 0 Å². The second-order valence-electron chi connectivity index (χ2n) is 6.72. The molecule has 8 heteroatoms. The first kappa shape index (κ1) is 21.7. The molecule has 1 aliphatic rings. The summed E-state index contributed by atoms with van der Waals surface area (Å²) in [5.74, 6) is 1.15. The van der Waals surface area contributed by atoms with Gasteiger partial charge in [-0.15, -0.1) is 24.0 Å². The van der Waals surface area contributed by atoms with Gasteiger partial charge in [0.05, 0.1) is 12.7 Å². The lowest BCUT2D eigenvalue weighted by molar-refractivity contribution is -0.134. The molecule has 2 N–H and O–H groups in total. The van der Waals surface area contributed by atoms with E-state index in [1.807, 2.05) is 38.1 Å². The van der Waals surface area contributed by atoms with Crippen molar-refractivity contribution in [2.24, 2.45) is 10.9 Å². The molecule has 0 aliphatic heterocycles. The average Bonchev–Trinajstić information content (AvgIpc) is 2.98. The molecule has 1 saturated carbocycles. The standard InChI is InChI=1S/C17H30N6O.HI/c1-13-11-20-23(12-13)9-8-19-17(18-2)21-15-7-5-6-14(10-15)16(24)22(3)4;/h11-12,14-15H,5-10H2,1-4H3,(H2,18,19,21);1H. The molecule has 0 aromatic carbocycles. The summed E-state index contributed by atoms with van der Waals surface area (Å²) in [5, 5.41) is 11.1. The average molecular weight is 462 g/mol. The fourth-order valence-corrected chi connectivity index (χ4v) is 3.18. The molecule has 2 unspecified atom stereocenters. The lowest BCUT2D eigenvalue weighted by Gasteiger charge is -2.31. The normalized spacial score (nSPS) is 20.6. The Morgan fingerprint density at radius 3 is 2.80 bits per heavy atom. The second-order valence-corrected chi connectivity index (χ2v) is 6.72. The van der Waals surface area contributed by atoms with Gasteiger partial charge in [0.1, 0.15) is 0 Å². The molecule has 1 amide bonds. The highest BCUT2D eigenvalue weighted by molar-refractivity contribution is 14.0. The molecule has 142 valence electrons. The van der Waals surface area contributed by atoms with Crippen LogP contribution in [0, 0.1) is 12.8 Å². The van der Waals surface area contributed by atoms with Crippen LogP contribution in [0.4, 0.5) is 0 Å². The van der Waals surface area contributed by atoms with Crippen LogP contribution in [0.25, 0.3) is 0 Å². The number of amides is 1. The third kappa shape index (κ3) is 6.83. The van der Waals surface area contributed by atoms with E-state index < -0.39 is 0 Å². The largest absolute Gasteiger partial charge is 0.355 e. The van der Waals surface area contributed by atoms with E-state index in [2.05, 4.69) is 20.7 Å². The molecule has 1 heterocycles. The number of nitrogens with one attached hydrogen (secondary N) is 2. The van der Waals surface area contributed by atoms with E-state index in [0.717, 1.165) is 50.3 Å². The summed E-state index contributed by atoms with van der Waals surface area (Å²) in [4.78, 5) is 18.2. The number of aryl methyl sites for hydroxylation is 1. The minimum atomic E-state index is 0. The Balaban J connectivity index is 0.00000312. The first-order valence-electron chi connectivity index (χ1n) is 8.67. The molecule has 0 radical (unpaired) electrons. The number of guanidine groups is 1. The number of carbonyl (C=O) groups is 1. The minimum absolute atomic E-state index is 0. The number of hydrogen-bond acceptors (Lipinski definition) is 3. The molecule has 0 saturated heterocycles. The molecule has 0 bridgehead atoms. The number of rotatable bonds is 5. The molecule has 1 aromatic heterocycles. The summed E-state index contributed by atoms with van der Waals surface area (Å²) in [5.41, 5.74) is 1.16. The maximum atomic E-state index is 12.2. The van der Waals surface area contributed by atoms with Crippen LogP contribution in [-0.4, -0.2) is 60.3 Å². The predicted octanol–water partition coefficient (Wildman–Crippen LogP) is 1.62. The highest BCUT2D eigenvalue weighted by Gasteiger charge is 2.28. The van der Waals surface area contributed by atoms with Gasteiger partial charge in [-0.3, -0.25) is 14.5 Å². The zero-order valence-corrected chi connectivity index (χ0v) is 18.0. The highest BCUT2D eigenvalue weighted by atomic mass is 127. The summed E-state index contributed by atoms with van der Waals surface area (Å²) in [6.45, 7) is 3.58. The van der Waals surface area contributed by atoms with Gasteiger partial charge in [0.2, 0.25) is 5.91 Å². The van der Waals surface area contributed by atoms with Crippen LogP contribution in [0.5, 0.6) is 0 Å². The van der Waals surface area contributed by atoms with Gasteiger partial charge in [0, 0.05) is 45.8 Å². The Bertz CT molecular complexity index is 571. The van der Waals surface area contributed by atoms with E-state index in [4.69, 9.17) is 0 Å². The van der Waals surface area contributed by atoms with Gasteiger partial charge in [0.15, 0.2) is 5.96 Å². The first-order chi connectivity index (χ1) is 11.5. The van der Waals surface area contributed by atoms with E-state index >= 15 is 0 Å². The summed E-state index contributed by atoms with van der Waals surface area (Å²) < 4.78 is 1.92. The smallest absolute Gasteiger partial charge is 0.225 e.